The molecule has 0 unspecified atom stereocenters. The van der Waals surface area contributed by atoms with Crippen LogP contribution < -0.4 is 5.32 Å². The standard InChI is InChI=1S/C20H18N4O4S/c25-19-18(29-20(26)23(19)15-8-10-21-11-9-15)12-14-2-1-3-17(22-14)13-4-6-16(7-5-13)24(27)28/h1-7,12,15,21H,8-11H2/b18-12-. The molecule has 0 atom stereocenters. The van der Waals surface area contributed by atoms with E-state index in [0.717, 1.165) is 43.3 Å². The largest absolute Gasteiger partial charge is 0.317 e. The van der Waals surface area contributed by atoms with Crippen molar-refractivity contribution in [1.29, 1.82) is 0 Å². The summed E-state index contributed by atoms with van der Waals surface area (Å²) in [7, 11) is 0. The Kier molecular flexibility index (Phi) is 5.41. The zero-order valence-electron chi connectivity index (χ0n) is 15.4. The fourth-order valence-electron chi connectivity index (χ4n) is 3.44. The van der Waals surface area contributed by atoms with Crippen LogP contribution >= 0.6 is 11.8 Å². The number of hydrogen-bond acceptors (Lipinski definition) is 7. The molecule has 2 aromatic rings. The number of nitrogens with one attached hydrogen (secondary N) is 1. The third-order valence-electron chi connectivity index (χ3n) is 4.92. The van der Waals surface area contributed by atoms with Gasteiger partial charge in [0, 0.05) is 23.7 Å². The maximum atomic E-state index is 12.8. The number of nitro benzene ring substituents is 1. The van der Waals surface area contributed by atoms with Gasteiger partial charge in [0.1, 0.15) is 0 Å². The Hall–Kier alpha value is -3.04. The second-order valence-electron chi connectivity index (χ2n) is 6.78. The van der Waals surface area contributed by atoms with E-state index in [2.05, 4.69) is 10.3 Å². The van der Waals surface area contributed by atoms with Crippen LogP contribution in [0.4, 0.5) is 10.5 Å². The van der Waals surface area contributed by atoms with Gasteiger partial charge in [-0.3, -0.25) is 24.6 Å². The van der Waals surface area contributed by atoms with Gasteiger partial charge in [-0.1, -0.05) is 6.07 Å². The van der Waals surface area contributed by atoms with E-state index in [9.17, 15) is 19.7 Å². The molecule has 2 aliphatic heterocycles. The minimum absolute atomic E-state index is 0.0106. The summed E-state index contributed by atoms with van der Waals surface area (Å²) in [6.07, 6.45) is 3.15. The molecule has 29 heavy (non-hydrogen) atoms. The fourth-order valence-corrected chi connectivity index (χ4v) is 4.32. The lowest BCUT2D eigenvalue weighted by atomic mass is 10.1. The van der Waals surface area contributed by atoms with E-state index in [4.69, 9.17) is 0 Å². The van der Waals surface area contributed by atoms with Gasteiger partial charge in [-0.15, -0.1) is 0 Å². The van der Waals surface area contributed by atoms with Crippen molar-refractivity contribution in [3.63, 3.8) is 0 Å². The van der Waals surface area contributed by atoms with Gasteiger partial charge in [0.25, 0.3) is 16.8 Å². The average molecular weight is 410 g/mol. The molecule has 0 radical (unpaired) electrons. The zero-order valence-corrected chi connectivity index (χ0v) is 16.2. The molecule has 3 heterocycles. The number of imide groups is 1. The van der Waals surface area contributed by atoms with Crippen molar-refractivity contribution < 1.29 is 14.5 Å². The van der Waals surface area contributed by atoms with Crippen molar-refractivity contribution in [1.82, 2.24) is 15.2 Å². The van der Waals surface area contributed by atoms with Crippen molar-refractivity contribution >= 4 is 34.7 Å². The normalized spacial score (nSPS) is 19.2. The van der Waals surface area contributed by atoms with Gasteiger partial charge in [0.15, 0.2) is 0 Å². The number of hydrogen-bond donors (Lipinski definition) is 1. The summed E-state index contributed by atoms with van der Waals surface area (Å²) in [5.41, 5.74) is 1.92. The van der Waals surface area contributed by atoms with Crippen LogP contribution in [0, 0.1) is 10.1 Å². The number of nitro groups is 1. The summed E-state index contributed by atoms with van der Waals surface area (Å²) < 4.78 is 0. The van der Waals surface area contributed by atoms with Crippen LogP contribution in [0.1, 0.15) is 18.5 Å². The number of carbonyl (C=O) groups excluding carboxylic acids is 2. The molecule has 2 amide bonds. The number of benzene rings is 1. The lowest BCUT2D eigenvalue weighted by molar-refractivity contribution is -0.384. The first kappa shape index (κ1) is 19.3. The molecule has 1 aromatic carbocycles. The summed E-state index contributed by atoms with van der Waals surface area (Å²) in [6.45, 7) is 1.59. The number of nitrogens with zero attached hydrogens (tertiary/aromatic N) is 3. The number of non-ortho nitro benzene ring substituents is 1. The van der Waals surface area contributed by atoms with Crippen LogP contribution in [0.5, 0.6) is 0 Å². The van der Waals surface area contributed by atoms with Gasteiger partial charge in [0.2, 0.25) is 0 Å². The SMILES string of the molecule is O=C1S/C(=C\c2cccc(-c3ccc([N+](=O)[O-])cc3)n2)C(=O)N1C1CCNCC1. The quantitative estimate of drug-likeness (QED) is 0.467. The van der Waals surface area contributed by atoms with Crippen LogP contribution in [0.3, 0.4) is 0 Å². The van der Waals surface area contributed by atoms with Crippen molar-refractivity contribution in [2.75, 3.05) is 13.1 Å². The maximum absolute atomic E-state index is 12.8. The number of rotatable bonds is 4. The monoisotopic (exact) mass is 410 g/mol. The third kappa shape index (κ3) is 4.06. The van der Waals surface area contributed by atoms with E-state index >= 15 is 0 Å². The van der Waals surface area contributed by atoms with Gasteiger partial charge in [0.05, 0.1) is 21.2 Å². The molecule has 4 rings (SSSR count). The first-order chi connectivity index (χ1) is 14.0. The molecular formula is C20H18N4O4S. The van der Waals surface area contributed by atoms with E-state index in [-0.39, 0.29) is 22.9 Å². The summed E-state index contributed by atoms with van der Waals surface area (Å²) >= 11 is 0.940. The van der Waals surface area contributed by atoms with Gasteiger partial charge in [-0.25, -0.2) is 4.98 Å². The molecule has 0 bridgehead atoms. The van der Waals surface area contributed by atoms with Crippen LogP contribution in [-0.2, 0) is 4.79 Å². The highest BCUT2D eigenvalue weighted by atomic mass is 32.2. The van der Waals surface area contributed by atoms with E-state index in [1.807, 2.05) is 0 Å². The highest BCUT2D eigenvalue weighted by Crippen LogP contribution is 2.35. The predicted molar refractivity (Wildman–Crippen MR) is 110 cm³/mol. The molecule has 1 aromatic heterocycles. The van der Waals surface area contributed by atoms with E-state index in [1.165, 1.54) is 17.0 Å². The highest BCUT2D eigenvalue weighted by molar-refractivity contribution is 8.18. The Morgan fingerprint density at radius 1 is 1.14 bits per heavy atom. The number of aromatic nitrogens is 1. The van der Waals surface area contributed by atoms with Crippen LogP contribution in [0.2, 0.25) is 0 Å². The minimum Gasteiger partial charge on any atom is -0.317 e. The topological polar surface area (TPSA) is 105 Å². The number of carbonyl (C=O) groups is 2. The molecule has 0 aliphatic carbocycles. The van der Waals surface area contributed by atoms with E-state index in [0.29, 0.717) is 16.3 Å². The van der Waals surface area contributed by atoms with Crippen LogP contribution in [-0.4, -0.2) is 45.1 Å². The molecule has 1 N–H and O–H groups in total. The second-order valence-corrected chi connectivity index (χ2v) is 7.78. The molecule has 2 saturated heterocycles. The van der Waals surface area contributed by atoms with Crippen molar-refractivity contribution in [3.05, 3.63) is 63.2 Å². The Labute approximate surface area is 171 Å². The first-order valence-corrected chi connectivity index (χ1v) is 10.0. The highest BCUT2D eigenvalue weighted by Gasteiger charge is 2.40. The number of pyridine rings is 1. The van der Waals surface area contributed by atoms with Crippen LogP contribution in [0.25, 0.3) is 17.3 Å². The van der Waals surface area contributed by atoms with E-state index < -0.39 is 4.92 Å². The lowest BCUT2D eigenvalue weighted by Crippen LogP contribution is -2.45. The summed E-state index contributed by atoms with van der Waals surface area (Å²) in [5.74, 6) is -0.269. The third-order valence-corrected chi connectivity index (χ3v) is 5.80. The zero-order chi connectivity index (χ0) is 20.4. The molecule has 2 aliphatic rings. The number of piperidine rings is 1. The maximum Gasteiger partial charge on any atom is 0.293 e. The molecule has 9 heteroatoms. The minimum atomic E-state index is -0.452. The van der Waals surface area contributed by atoms with E-state index in [1.54, 1.807) is 36.4 Å². The number of thioether (sulfide) groups is 1. The van der Waals surface area contributed by atoms with Gasteiger partial charge < -0.3 is 5.32 Å². The van der Waals surface area contributed by atoms with Gasteiger partial charge in [-0.2, -0.15) is 0 Å². The summed E-state index contributed by atoms with van der Waals surface area (Å²) in [4.78, 5) is 41.8. The molecule has 148 valence electrons. The Morgan fingerprint density at radius 2 is 1.86 bits per heavy atom. The Bertz CT molecular complexity index is 1000. The molecule has 0 spiro atoms. The summed E-state index contributed by atoms with van der Waals surface area (Å²) in [5, 5.41) is 13.8. The summed E-state index contributed by atoms with van der Waals surface area (Å²) in [6, 6.07) is 11.4. The molecule has 0 saturated carbocycles. The lowest BCUT2D eigenvalue weighted by Gasteiger charge is -2.29. The van der Waals surface area contributed by atoms with Crippen LogP contribution in [0.15, 0.2) is 47.4 Å². The smallest absolute Gasteiger partial charge is 0.293 e. The van der Waals surface area contributed by atoms with Gasteiger partial charge >= 0.3 is 0 Å². The van der Waals surface area contributed by atoms with Crippen molar-refractivity contribution in [3.8, 4) is 11.3 Å². The van der Waals surface area contributed by atoms with Crippen molar-refractivity contribution in [2.24, 2.45) is 0 Å². The fraction of sp³-hybridized carbons (Fsp3) is 0.250. The van der Waals surface area contributed by atoms with Crippen molar-refractivity contribution in [2.45, 2.75) is 18.9 Å². The molecule has 2 fully saturated rings. The van der Waals surface area contributed by atoms with Gasteiger partial charge in [-0.05, 0) is 68.0 Å². The Morgan fingerprint density at radius 3 is 2.55 bits per heavy atom. The first-order valence-electron chi connectivity index (χ1n) is 9.22. The second kappa shape index (κ2) is 8.14. The average Bonchev–Trinajstić information content (AvgIpc) is 3.02. The Balaban J connectivity index is 1.57. The molecular weight excluding hydrogens is 392 g/mol. The number of amides is 2. The molecule has 8 nitrogen and oxygen atoms in total. The predicted octanol–water partition coefficient (Wildman–Crippen LogP) is 3.45.